The van der Waals surface area contributed by atoms with Crippen molar-refractivity contribution >= 4 is 49.7 Å². The minimum atomic E-state index is -3.74. The Bertz CT molecular complexity index is 1370. The normalized spacial score (nSPS) is 18.9. The van der Waals surface area contributed by atoms with Crippen molar-refractivity contribution in [1.82, 2.24) is 9.88 Å². The molecule has 0 amide bonds. The van der Waals surface area contributed by atoms with E-state index in [9.17, 15) is 8.42 Å². The van der Waals surface area contributed by atoms with Crippen molar-refractivity contribution in [3.63, 3.8) is 0 Å². The highest BCUT2D eigenvalue weighted by Crippen LogP contribution is 2.31. The molecule has 3 heterocycles. The van der Waals surface area contributed by atoms with Crippen LogP contribution in [0.1, 0.15) is 39.3 Å². The Kier molecular flexibility index (Phi) is 5.86. The number of fused-ring (bicyclic) bond motifs is 2. The summed E-state index contributed by atoms with van der Waals surface area (Å²) in [5, 5.41) is 8.44. The first-order valence-electron chi connectivity index (χ1n) is 11.6. The number of benzene rings is 2. The number of amidine groups is 1. The summed E-state index contributed by atoms with van der Waals surface area (Å²) >= 11 is 5.96. The molecule has 0 saturated carbocycles. The summed E-state index contributed by atoms with van der Waals surface area (Å²) in [7, 11) is -3.74. The van der Waals surface area contributed by atoms with Crippen LogP contribution < -0.4 is 10.6 Å². The maximum absolute atomic E-state index is 12.6. The Morgan fingerprint density at radius 3 is 2.62 bits per heavy atom. The van der Waals surface area contributed by atoms with Crippen molar-refractivity contribution in [3.05, 3.63) is 53.2 Å². The number of nitrogens with zero attached hydrogens (tertiary/aromatic N) is 2. The van der Waals surface area contributed by atoms with Crippen molar-refractivity contribution < 1.29 is 8.42 Å². The van der Waals surface area contributed by atoms with Gasteiger partial charge in [0.05, 0.1) is 12.2 Å². The lowest BCUT2D eigenvalue weighted by molar-refractivity contribution is 0.246. The van der Waals surface area contributed by atoms with Crippen LogP contribution in [0, 0.1) is 0 Å². The Balaban J connectivity index is 1.19. The van der Waals surface area contributed by atoms with E-state index in [0.717, 1.165) is 37.1 Å². The summed E-state index contributed by atoms with van der Waals surface area (Å²) in [6.07, 6.45) is 1.95. The zero-order valence-corrected chi connectivity index (χ0v) is 21.2. The van der Waals surface area contributed by atoms with E-state index >= 15 is 0 Å². The van der Waals surface area contributed by atoms with E-state index in [4.69, 9.17) is 11.6 Å². The number of likely N-dealkylation sites (tertiary alicyclic amines) is 1. The predicted molar refractivity (Wildman–Crippen MR) is 140 cm³/mol. The van der Waals surface area contributed by atoms with Gasteiger partial charge in [-0.1, -0.05) is 32.4 Å². The Morgan fingerprint density at radius 2 is 1.88 bits per heavy atom. The molecule has 9 heteroatoms. The van der Waals surface area contributed by atoms with Crippen molar-refractivity contribution in [2.75, 3.05) is 30.3 Å². The number of halogens is 1. The lowest BCUT2D eigenvalue weighted by Gasteiger charge is -2.33. The van der Waals surface area contributed by atoms with Gasteiger partial charge in [0.25, 0.3) is 10.0 Å². The minimum Gasteiger partial charge on any atom is -0.382 e. The van der Waals surface area contributed by atoms with E-state index in [-0.39, 0.29) is 10.3 Å². The second-order valence-corrected chi connectivity index (χ2v) is 12.2. The molecule has 7 nitrogen and oxygen atoms in total. The molecule has 1 fully saturated rings. The predicted octanol–water partition coefficient (Wildman–Crippen LogP) is 5.21. The van der Waals surface area contributed by atoms with Crippen LogP contribution in [-0.4, -0.2) is 49.8 Å². The van der Waals surface area contributed by atoms with Gasteiger partial charge >= 0.3 is 0 Å². The average molecular weight is 500 g/mol. The summed E-state index contributed by atoms with van der Waals surface area (Å²) < 4.78 is 29.1. The first-order chi connectivity index (χ1) is 16.1. The van der Waals surface area contributed by atoms with Crippen molar-refractivity contribution in [2.24, 2.45) is 4.40 Å². The topological polar surface area (TPSA) is 89.6 Å². The zero-order chi connectivity index (χ0) is 24.1. The van der Waals surface area contributed by atoms with Gasteiger partial charge in [-0.2, -0.15) is 8.42 Å². The van der Waals surface area contributed by atoms with Gasteiger partial charge in [0.1, 0.15) is 10.7 Å². The molecule has 0 aliphatic carbocycles. The van der Waals surface area contributed by atoms with Crippen LogP contribution in [-0.2, 0) is 15.4 Å². The maximum atomic E-state index is 12.6. The third-order valence-corrected chi connectivity index (χ3v) is 8.08. The highest BCUT2D eigenvalue weighted by atomic mass is 35.5. The van der Waals surface area contributed by atoms with Gasteiger partial charge in [-0.05, 0) is 55.3 Å². The van der Waals surface area contributed by atoms with E-state index < -0.39 is 10.0 Å². The van der Waals surface area contributed by atoms with Crippen LogP contribution in [0.2, 0.25) is 5.02 Å². The lowest BCUT2D eigenvalue weighted by Crippen LogP contribution is -2.43. The molecule has 3 N–H and O–H groups in total. The number of H-pyrrole nitrogens is 1. The fourth-order valence-corrected chi connectivity index (χ4v) is 5.96. The van der Waals surface area contributed by atoms with Crippen LogP contribution in [0.5, 0.6) is 0 Å². The van der Waals surface area contributed by atoms with Crippen molar-refractivity contribution in [2.45, 2.75) is 50.0 Å². The first kappa shape index (κ1) is 23.2. The fraction of sp³-hybridized carbons (Fsp3) is 0.400. The molecule has 0 radical (unpaired) electrons. The molecule has 34 heavy (non-hydrogen) atoms. The van der Waals surface area contributed by atoms with Crippen molar-refractivity contribution in [1.29, 1.82) is 0 Å². The number of hydrogen-bond donors (Lipinski definition) is 3. The number of piperidine rings is 1. The van der Waals surface area contributed by atoms with E-state index in [1.54, 1.807) is 12.1 Å². The number of rotatable bonds is 4. The van der Waals surface area contributed by atoms with Gasteiger partial charge in [0.15, 0.2) is 0 Å². The van der Waals surface area contributed by atoms with Gasteiger partial charge in [-0.3, -0.25) is 4.90 Å². The number of hydrogen-bond acceptors (Lipinski definition) is 5. The number of nitrogens with one attached hydrogen (secondary N) is 3. The average Bonchev–Trinajstić information content (AvgIpc) is 3.20. The summed E-state index contributed by atoms with van der Waals surface area (Å²) in [5.41, 5.74) is 4.14. The number of anilines is 2. The first-order valence-corrected chi connectivity index (χ1v) is 13.4. The third-order valence-electron chi connectivity index (χ3n) is 6.49. The van der Waals surface area contributed by atoms with Crippen LogP contribution in [0.25, 0.3) is 10.9 Å². The fourth-order valence-electron chi connectivity index (χ4n) is 4.56. The van der Waals surface area contributed by atoms with Gasteiger partial charge in [-0.25, -0.2) is 0 Å². The number of sulfonamides is 1. The smallest absolute Gasteiger partial charge is 0.286 e. The van der Waals surface area contributed by atoms with Crippen LogP contribution in [0.15, 0.2) is 51.8 Å². The van der Waals surface area contributed by atoms with Crippen LogP contribution in [0.3, 0.4) is 0 Å². The van der Waals surface area contributed by atoms with Gasteiger partial charge in [0, 0.05) is 51.9 Å². The van der Waals surface area contributed by atoms with Gasteiger partial charge in [-0.15, -0.1) is 4.40 Å². The minimum absolute atomic E-state index is 0.0887. The van der Waals surface area contributed by atoms with Gasteiger partial charge < -0.3 is 15.6 Å². The molecular weight excluding hydrogens is 470 g/mol. The maximum Gasteiger partial charge on any atom is 0.286 e. The largest absolute Gasteiger partial charge is 0.382 e. The Morgan fingerprint density at radius 1 is 1.12 bits per heavy atom. The third kappa shape index (κ3) is 4.80. The molecular formula is C25H30ClN5O2S. The standard InChI is InChI=1S/C25H30ClN5O2S/c1-25(2,3)23-13-16-12-19(5-7-20(16)28-23)27-18-8-10-31(11-9-18)15-24-29-21-6-4-17(26)14-22(21)34(32,33)30-24/h4-7,12-14,18,27-28H,8-11,15H2,1-3H3,(H,29,30). The molecule has 0 atom stereocenters. The highest BCUT2D eigenvalue weighted by molar-refractivity contribution is 7.90. The summed E-state index contributed by atoms with van der Waals surface area (Å²) in [6.45, 7) is 8.84. The molecule has 0 spiro atoms. The quantitative estimate of drug-likeness (QED) is 0.458. The molecule has 1 saturated heterocycles. The molecule has 1 aromatic heterocycles. The molecule has 2 aromatic carbocycles. The molecule has 0 bridgehead atoms. The SMILES string of the molecule is CC(C)(C)c1cc2cc(NC3CCN(CC4=NS(=O)(=O)c5cc(Cl)ccc5N4)CC3)ccc2[nH]1. The molecule has 3 aromatic rings. The van der Waals surface area contributed by atoms with Gasteiger partial charge in [0.2, 0.25) is 0 Å². The number of aromatic nitrogens is 1. The van der Waals surface area contributed by atoms with Crippen molar-refractivity contribution in [3.8, 4) is 0 Å². The van der Waals surface area contributed by atoms with Crippen LogP contribution >= 0.6 is 11.6 Å². The Labute approximate surface area is 205 Å². The number of aromatic amines is 1. The molecule has 5 rings (SSSR count). The van der Waals surface area contributed by atoms with E-state index in [1.807, 2.05) is 0 Å². The summed E-state index contributed by atoms with van der Waals surface area (Å²) in [4.78, 5) is 5.89. The second-order valence-electron chi connectivity index (χ2n) is 10.2. The zero-order valence-electron chi connectivity index (χ0n) is 19.7. The molecule has 180 valence electrons. The van der Waals surface area contributed by atoms with E-state index in [1.165, 1.54) is 17.1 Å². The lowest BCUT2D eigenvalue weighted by atomic mass is 9.92. The molecule has 2 aliphatic rings. The van der Waals surface area contributed by atoms with E-state index in [2.05, 4.69) is 70.0 Å². The molecule has 2 aliphatic heterocycles. The molecule has 0 unspecified atom stereocenters. The highest BCUT2D eigenvalue weighted by Gasteiger charge is 2.27. The summed E-state index contributed by atoms with van der Waals surface area (Å²) in [5.74, 6) is 0.453. The Hall–Kier alpha value is -2.55. The second kappa shape index (κ2) is 8.59. The van der Waals surface area contributed by atoms with Crippen LogP contribution in [0.4, 0.5) is 11.4 Å². The van der Waals surface area contributed by atoms with E-state index in [0.29, 0.717) is 29.1 Å². The summed E-state index contributed by atoms with van der Waals surface area (Å²) in [6, 6.07) is 13.9. The monoisotopic (exact) mass is 499 g/mol.